The molecule has 0 spiro atoms. The van der Waals surface area contributed by atoms with Crippen molar-refractivity contribution < 1.29 is 22.4 Å². The SMILES string of the molecule is CCc1cccc(CC)c1-n1nc2c(c1-c1ccc(C(C)=O)c(F)c1)CN(Cc1ccc(C(F)(F)F)cc1C)C2(C)C. The number of rotatable bonds is 7. The van der Waals surface area contributed by atoms with Gasteiger partial charge in [-0.25, -0.2) is 9.07 Å². The van der Waals surface area contributed by atoms with Crippen LogP contribution in [0.5, 0.6) is 0 Å². The molecule has 0 radical (unpaired) electrons. The van der Waals surface area contributed by atoms with E-state index in [1.165, 1.54) is 25.1 Å². The van der Waals surface area contributed by atoms with Gasteiger partial charge in [0.15, 0.2) is 5.78 Å². The monoisotopic (exact) mass is 577 g/mol. The molecule has 0 atom stereocenters. The molecule has 0 saturated heterocycles. The predicted molar refractivity (Wildman–Crippen MR) is 156 cm³/mol. The van der Waals surface area contributed by atoms with E-state index in [0.717, 1.165) is 58.2 Å². The van der Waals surface area contributed by atoms with Crippen molar-refractivity contribution in [1.29, 1.82) is 0 Å². The third kappa shape index (κ3) is 5.06. The number of benzene rings is 3. The largest absolute Gasteiger partial charge is 0.416 e. The molecule has 8 heteroatoms. The number of para-hydroxylation sites is 1. The highest BCUT2D eigenvalue weighted by molar-refractivity contribution is 5.94. The minimum atomic E-state index is -4.40. The van der Waals surface area contributed by atoms with Crippen LogP contribution in [-0.4, -0.2) is 20.5 Å². The van der Waals surface area contributed by atoms with Crippen LogP contribution in [0.1, 0.15) is 84.1 Å². The van der Waals surface area contributed by atoms with E-state index in [2.05, 4.69) is 44.7 Å². The first-order valence-corrected chi connectivity index (χ1v) is 14.2. The van der Waals surface area contributed by atoms with Gasteiger partial charge in [0.1, 0.15) is 5.82 Å². The quantitative estimate of drug-likeness (QED) is 0.163. The van der Waals surface area contributed by atoms with Gasteiger partial charge in [0, 0.05) is 24.2 Å². The number of hydrogen-bond acceptors (Lipinski definition) is 3. The lowest BCUT2D eigenvalue weighted by Crippen LogP contribution is -2.36. The van der Waals surface area contributed by atoms with Gasteiger partial charge in [-0.05, 0) is 87.1 Å². The third-order valence-corrected chi connectivity index (χ3v) is 8.53. The number of hydrogen-bond donors (Lipinski definition) is 0. The van der Waals surface area contributed by atoms with Crippen molar-refractivity contribution in [3.63, 3.8) is 0 Å². The zero-order valence-electron chi connectivity index (χ0n) is 24.8. The van der Waals surface area contributed by atoms with E-state index in [0.29, 0.717) is 24.2 Å². The molecule has 1 aliphatic rings. The molecule has 5 rings (SSSR count). The number of aryl methyl sites for hydroxylation is 3. The second-order valence-corrected chi connectivity index (χ2v) is 11.5. The average Bonchev–Trinajstić information content (AvgIpc) is 3.42. The molecule has 4 aromatic rings. The fourth-order valence-electron chi connectivity index (χ4n) is 6.03. The maximum absolute atomic E-state index is 15.2. The van der Waals surface area contributed by atoms with Crippen molar-refractivity contribution in [2.75, 3.05) is 0 Å². The van der Waals surface area contributed by atoms with Crippen molar-refractivity contribution in [1.82, 2.24) is 14.7 Å². The number of nitrogens with zero attached hydrogens (tertiary/aromatic N) is 3. The lowest BCUT2D eigenvalue weighted by molar-refractivity contribution is -0.137. The topological polar surface area (TPSA) is 38.1 Å². The fourth-order valence-corrected chi connectivity index (χ4v) is 6.03. The summed E-state index contributed by atoms with van der Waals surface area (Å²) in [6, 6.07) is 14.8. The van der Waals surface area contributed by atoms with Crippen LogP contribution in [-0.2, 0) is 37.6 Å². The highest BCUT2D eigenvalue weighted by atomic mass is 19.4. The van der Waals surface area contributed by atoms with Gasteiger partial charge < -0.3 is 0 Å². The van der Waals surface area contributed by atoms with E-state index in [-0.39, 0.29) is 11.3 Å². The number of fused-ring (bicyclic) bond motifs is 1. The summed E-state index contributed by atoms with van der Waals surface area (Å²) in [6.45, 7) is 12.3. The minimum absolute atomic E-state index is 0.0319. The molecule has 4 nitrogen and oxygen atoms in total. The Morgan fingerprint density at radius 3 is 2.19 bits per heavy atom. The minimum Gasteiger partial charge on any atom is -0.294 e. The molecular weight excluding hydrogens is 542 g/mol. The van der Waals surface area contributed by atoms with E-state index in [9.17, 15) is 18.0 Å². The Hall–Kier alpha value is -3.78. The van der Waals surface area contributed by atoms with Gasteiger partial charge in [0.2, 0.25) is 0 Å². The second-order valence-electron chi connectivity index (χ2n) is 11.5. The Balaban J connectivity index is 1.66. The molecule has 3 aromatic carbocycles. The molecule has 0 bridgehead atoms. The Morgan fingerprint density at radius 2 is 1.64 bits per heavy atom. The van der Waals surface area contributed by atoms with E-state index < -0.39 is 23.1 Å². The second kappa shape index (κ2) is 10.8. The lowest BCUT2D eigenvalue weighted by Gasteiger charge is -2.32. The van der Waals surface area contributed by atoms with E-state index in [1.54, 1.807) is 19.1 Å². The number of halogens is 4. The summed E-state index contributed by atoms with van der Waals surface area (Å²) in [7, 11) is 0. The molecule has 1 aromatic heterocycles. The van der Waals surface area contributed by atoms with Gasteiger partial charge in [-0.3, -0.25) is 9.69 Å². The van der Waals surface area contributed by atoms with Crippen LogP contribution in [0.15, 0.2) is 54.6 Å². The fraction of sp³-hybridized carbons (Fsp3) is 0.353. The molecule has 0 amide bonds. The molecule has 0 saturated carbocycles. The van der Waals surface area contributed by atoms with Gasteiger partial charge in [-0.2, -0.15) is 18.3 Å². The first-order chi connectivity index (χ1) is 19.8. The molecule has 42 heavy (non-hydrogen) atoms. The highest BCUT2D eigenvalue weighted by Gasteiger charge is 2.43. The smallest absolute Gasteiger partial charge is 0.294 e. The number of Topliss-reactive ketones (excluding diaryl/α,β-unsaturated/α-hetero) is 1. The maximum Gasteiger partial charge on any atom is 0.416 e. The highest BCUT2D eigenvalue weighted by Crippen LogP contribution is 2.45. The molecular formula is C34H35F4N3O. The van der Waals surface area contributed by atoms with Crippen molar-refractivity contribution in [2.45, 2.75) is 79.2 Å². The molecule has 0 fully saturated rings. The normalized spacial score (nSPS) is 14.8. The lowest BCUT2D eigenvalue weighted by atomic mass is 9.97. The van der Waals surface area contributed by atoms with E-state index >= 15 is 4.39 Å². The standard InChI is InChI=1S/C34H35F4N3O/c1-7-22-10-9-11-23(8-2)30(22)41-31(24-13-15-27(21(4)42)29(35)17-24)28-19-40(33(5,6)32(28)39-41)18-25-12-14-26(16-20(25)3)34(36,37)38/h9-17H,7-8,18-19H2,1-6H3. The van der Waals surface area contributed by atoms with Crippen molar-refractivity contribution >= 4 is 5.78 Å². The van der Waals surface area contributed by atoms with Gasteiger partial charge >= 0.3 is 6.18 Å². The van der Waals surface area contributed by atoms with Gasteiger partial charge in [-0.15, -0.1) is 0 Å². The summed E-state index contributed by atoms with van der Waals surface area (Å²) in [5.74, 6) is -0.933. The summed E-state index contributed by atoms with van der Waals surface area (Å²) in [5.41, 5.74) is 6.54. The Labute approximate surface area is 244 Å². The van der Waals surface area contributed by atoms with Crippen LogP contribution in [0.2, 0.25) is 0 Å². The number of carbonyl (C=O) groups is 1. The summed E-state index contributed by atoms with van der Waals surface area (Å²) in [5, 5.41) is 5.19. The first-order valence-electron chi connectivity index (χ1n) is 14.2. The number of ketones is 1. The summed E-state index contributed by atoms with van der Waals surface area (Å²) >= 11 is 0. The van der Waals surface area contributed by atoms with Crippen LogP contribution in [0.3, 0.4) is 0 Å². The van der Waals surface area contributed by atoms with E-state index in [4.69, 9.17) is 5.10 Å². The van der Waals surface area contributed by atoms with Crippen molar-refractivity contribution in [3.8, 4) is 16.9 Å². The van der Waals surface area contributed by atoms with Gasteiger partial charge in [0.05, 0.1) is 33.7 Å². The van der Waals surface area contributed by atoms with Crippen LogP contribution in [0.25, 0.3) is 16.9 Å². The first kappa shape index (κ1) is 29.7. The van der Waals surface area contributed by atoms with Crippen molar-refractivity contribution in [3.05, 3.63) is 105 Å². The zero-order chi connectivity index (χ0) is 30.6. The molecule has 220 valence electrons. The molecule has 0 N–H and O–H groups in total. The predicted octanol–water partition coefficient (Wildman–Crippen LogP) is 8.58. The van der Waals surface area contributed by atoms with Gasteiger partial charge in [-0.1, -0.05) is 44.2 Å². The van der Waals surface area contributed by atoms with Gasteiger partial charge in [0.25, 0.3) is 0 Å². The molecule has 0 unspecified atom stereocenters. The van der Waals surface area contributed by atoms with Crippen LogP contribution < -0.4 is 0 Å². The van der Waals surface area contributed by atoms with Crippen LogP contribution >= 0.6 is 0 Å². The van der Waals surface area contributed by atoms with Crippen LogP contribution in [0.4, 0.5) is 17.6 Å². The Morgan fingerprint density at radius 1 is 0.976 bits per heavy atom. The average molecular weight is 578 g/mol. The van der Waals surface area contributed by atoms with Crippen molar-refractivity contribution in [2.24, 2.45) is 0 Å². The molecule has 0 aliphatic carbocycles. The zero-order valence-corrected chi connectivity index (χ0v) is 24.8. The Bertz CT molecular complexity index is 1660. The van der Waals surface area contributed by atoms with E-state index in [1.807, 2.05) is 10.7 Å². The summed E-state index contributed by atoms with van der Waals surface area (Å²) in [4.78, 5) is 14.2. The molecule has 1 aliphatic heterocycles. The number of carbonyl (C=O) groups excluding carboxylic acids is 1. The number of aromatic nitrogens is 2. The van der Waals surface area contributed by atoms with Crippen LogP contribution in [0, 0.1) is 12.7 Å². The Kier molecular flexibility index (Phi) is 7.64. The maximum atomic E-state index is 15.2. The molecule has 2 heterocycles. The summed E-state index contributed by atoms with van der Waals surface area (Å²) in [6.07, 6.45) is -2.83. The third-order valence-electron chi connectivity index (χ3n) is 8.53. The summed E-state index contributed by atoms with van der Waals surface area (Å²) < 4.78 is 57.0. The number of alkyl halides is 3.